The summed E-state index contributed by atoms with van der Waals surface area (Å²) < 4.78 is 37.8. The smallest absolute Gasteiger partial charge is 0.270 e. The molecule has 1 aliphatic rings. The number of rotatable bonds is 7. The average molecular weight is 420 g/mol. The maximum atomic E-state index is 13.1. The predicted molar refractivity (Wildman–Crippen MR) is 107 cm³/mol. The van der Waals surface area contributed by atoms with Gasteiger partial charge in [0.25, 0.3) is 5.69 Å². The van der Waals surface area contributed by atoms with Crippen LogP contribution in [0.1, 0.15) is 5.56 Å². The van der Waals surface area contributed by atoms with Crippen LogP contribution in [0.3, 0.4) is 0 Å². The molecule has 29 heavy (non-hydrogen) atoms. The number of non-ortho nitro benzene ring substituents is 1. The second kappa shape index (κ2) is 8.99. The van der Waals surface area contributed by atoms with Crippen molar-refractivity contribution in [3.05, 3.63) is 58.1 Å². The van der Waals surface area contributed by atoms with Gasteiger partial charge in [-0.15, -0.1) is 0 Å². The number of nitrogens with zero attached hydrogens (tertiary/aromatic N) is 3. The van der Waals surface area contributed by atoms with E-state index in [4.69, 9.17) is 9.47 Å². The highest BCUT2D eigenvalue weighted by Gasteiger charge is 2.30. The number of anilines is 1. The maximum absolute atomic E-state index is 13.1. The van der Waals surface area contributed by atoms with Crippen LogP contribution in [0.25, 0.3) is 0 Å². The number of hydrogen-bond donors (Lipinski definition) is 1. The summed E-state index contributed by atoms with van der Waals surface area (Å²) in [6.07, 6.45) is 1.48. The zero-order valence-electron chi connectivity index (χ0n) is 15.6. The molecule has 0 spiro atoms. The standard InChI is InChI=1S/C18H20N4O6S/c1-27-17-5-3-2-4-14(17)13-19-20-16-7-6-15(22(23)24)12-18(16)29(25,26)21-8-10-28-11-9-21/h2-7,12-13,20H,8-11H2,1H3/b19-13+. The van der Waals surface area contributed by atoms with Crippen LogP contribution < -0.4 is 10.2 Å². The number of benzene rings is 2. The van der Waals surface area contributed by atoms with Gasteiger partial charge in [0.15, 0.2) is 0 Å². The minimum absolute atomic E-state index is 0.133. The third-order valence-electron chi connectivity index (χ3n) is 4.29. The highest BCUT2D eigenvalue weighted by Crippen LogP contribution is 2.29. The molecule has 1 fully saturated rings. The molecule has 2 aromatic rings. The first-order valence-corrected chi connectivity index (χ1v) is 10.2. The molecule has 0 saturated carbocycles. The molecule has 0 aliphatic carbocycles. The molecule has 0 bridgehead atoms. The van der Waals surface area contributed by atoms with Gasteiger partial charge >= 0.3 is 0 Å². The van der Waals surface area contributed by atoms with Crippen molar-refractivity contribution in [3.8, 4) is 5.75 Å². The summed E-state index contributed by atoms with van der Waals surface area (Å²) >= 11 is 0. The topological polar surface area (TPSA) is 123 Å². The van der Waals surface area contributed by atoms with E-state index >= 15 is 0 Å². The molecule has 0 amide bonds. The van der Waals surface area contributed by atoms with E-state index in [1.165, 1.54) is 29.8 Å². The molecule has 0 aromatic heterocycles. The number of nitro benzene ring substituents is 1. The van der Waals surface area contributed by atoms with Crippen molar-refractivity contribution < 1.29 is 22.8 Å². The van der Waals surface area contributed by atoms with Gasteiger partial charge in [-0.25, -0.2) is 8.42 Å². The minimum Gasteiger partial charge on any atom is -0.496 e. The van der Waals surface area contributed by atoms with Crippen LogP contribution in [0.2, 0.25) is 0 Å². The fraction of sp³-hybridized carbons (Fsp3) is 0.278. The van der Waals surface area contributed by atoms with E-state index in [0.29, 0.717) is 11.3 Å². The Hall–Kier alpha value is -3.02. The number of nitro groups is 1. The van der Waals surface area contributed by atoms with E-state index in [9.17, 15) is 18.5 Å². The van der Waals surface area contributed by atoms with Gasteiger partial charge in [-0.05, 0) is 18.2 Å². The highest BCUT2D eigenvalue weighted by molar-refractivity contribution is 7.89. The van der Waals surface area contributed by atoms with Crippen molar-refractivity contribution in [2.24, 2.45) is 5.10 Å². The van der Waals surface area contributed by atoms with E-state index in [1.807, 2.05) is 12.1 Å². The number of hydrazone groups is 1. The molecule has 1 heterocycles. The number of hydrogen-bond acceptors (Lipinski definition) is 8. The molecule has 11 heteroatoms. The lowest BCUT2D eigenvalue weighted by atomic mass is 10.2. The normalized spacial score (nSPS) is 15.3. The van der Waals surface area contributed by atoms with Crippen LogP contribution in [-0.2, 0) is 14.8 Å². The van der Waals surface area contributed by atoms with Crippen LogP contribution in [0.5, 0.6) is 5.75 Å². The van der Waals surface area contributed by atoms with Gasteiger partial charge in [0.05, 0.1) is 37.1 Å². The molecule has 3 rings (SSSR count). The first-order valence-electron chi connectivity index (χ1n) is 8.72. The lowest BCUT2D eigenvalue weighted by Crippen LogP contribution is -2.40. The summed E-state index contributed by atoms with van der Waals surface area (Å²) in [5.41, 5.74) is 3.17. The Bertz CT molecular complexity index is 1020. The maximum Gasteiger partial charge on any atom is 0.270 e. The number of morpholine rings is 1. The zero-order valence-corrected chi connectivity index (χ0v) is 16.5. The van der Waals surface area contributed by atoms with Crippen LogP contribution in [0.4, 0.5) is 11.4 Å². The van der Waals surface area contributed by atoms with E-state index in [1.54, 1.807) is 12.1 Å². The molecule has 0 unspecified atom stereocenters. The number of sulfonamides is 1. The first-order chi connectivity index (χ1) is 13.9. The van der Waals surface area contributed by atoms with Crippen molar-refractivity contribution in [2.45, 2.75) is 4.90 Å². The Balaban J connectivity index is 1.94. The summed E-state index contributed by atoms with van der Waals surface area (Å²) in [5.74, 6) is 0.600. The van der Waals surface area contributed by atoms with Gasteiger partial charge in [-0.1, -0.05) is 12.1 Å². The van der Waals surface area contributed by atoms with Crippen molar-refractivity contribution >= 4 is 27.6 Å². The molecule has 10 nitrogen and oxygen atoms in total. The van der Waals surface area contributed by atoms with Gasteiger partial charge < -0.3 is 9.47 Å². The third-order valence-corrected chi connectivity index (χ3v) is 6.23. The van der Waals surface area contributed by atoms with Crippen molar-refractivity contribution in [2.75, 3.05) is 38.8 Å². The Morgan fingerprint density at radius 3 is 2.66 bits per heavy atom. The predicted octanol–water partition coefficient (Wildman–Crippen LogP) is 2.07. The summed E-state index contributed by atoms with van der Waals surface area (Å²) in [7, 11) is -2.44. The number of methoxy groups -OCH3 is 1. The second-order valence-corrected chi connectivity index (χ2v) is 7.97. The zero-order chi connectivity index (χ0) is 20.9. The Morgan fingerprint density at radius 1 is 1.24 bits per heavy atom. The quantitative estimate of drug-likeness (QED) is 0.413. The number of ether oxygens (including phenoxy) is 2. The lowest BCUT2D eigenvalue weighted by Gasteiger charge is -2.26. The molecule has 1 aliphatic heterocycles. The minimum atomic E-state index is -3.97. The first kappa shape index (κ1) is 20.7. The SMILES string of the molecule is COc1ccccc1/C=N/Nc1ccc([N+](=O)[O-])cc1S(=O)(=O)N1CCOCC1. The second-order valence-electron chi connectivity index (χ2n) is 6.07. The molecular formula is C18H20N4O6S. The largest absolute Gasteiger partial charge is 0.496 e. The van der Waals surface area contributed by atoms with E-state index < -0.39 is 14.9 Å². The molecule has 1 N–H and O–H groups in total. The Kier molecular flexibility index (Phi) is 6.42. The van der Waals surface area contributed by atoms with Crippen LogP contribution in [-0.4, -0.2) is 57.3 Å². The van der Waals surface area contributed by atoms with Crippen molar-refractivity contribution in [1.29, 1.82) is 0 Å². The molecule has 0 radical (unpaired) electrons. The lowest BCUT2D eigenvalue weighted by molar-refractivity contribution is -0.385. The monoisotopic (exact) mass is 420 g/mol. The molecule has 0 atom stereocenters. The molecule has 2 aromatic carbocycles. The molecular weight excluding hydrogens is 400 g/mol. The highest BCUT2D eigenvalue weighted by atomic mass is 32.2. The van der Waals surface area contributed by atoms with Gasteiger partial charge in [-0.3, -0.25) is 15.5 Å². The number of para-hydroxylation sites is 1. The summed E-state index contributed by atoms with van der Waals surface area (Å²) in [6.45, 7) is 0.885. The van der Waals surface area contributed by atoms with Crippen LogP contribution in [0, 0.1) is 10.1 Å². The summed E-state index contributed by atoms with van der Waals surface area (Å²) in [4.78, 5) is 10.3. The fourth-order valence-corrected chi connectivity index (χ4v) is 4.37. The Labute approximate surface area is 167 Å². The summed E-state index contributed by atoms with van der Waals surface area (Å²) in [5, 5.41) is 15.2. The van der Waals surface area contributed by atoms with Crippen LogP contribution >= 0.6 is 0 Å². The van der Waals surface area contributed by atoms with E-state index in [-0.39, 0.29) is 42.6 Å². The van der Waals surface area contributed by atoms with Gasteiger partial charge in [0.2, 0.25) is 10.0 Å². The molecule has 154 valence electrons. The fourth-order valence-electron chi connectivity index (χ4n) is 2.80. The van der Waals surface area contributed by atoms with Gasteiger partial charge in [0, 0.05) is 30.8 Å². The number of nitrogens with one attached hydrogen (secondary N) is 1. The van der Waals surface area contributed by atoms with Crippen LogP contribution in [0.15, 0.2) is 52.5 Å². The van der Waals surface area contributed by atoms with E-state index in [2.05, 4.69) is 10.5 Å². The van der Waals surface area contributed by atoms with E-state index in [0.717, 1.165) is 6.07 Å². The van der Waals surface area contributed by atoms with Crippen molar-refractivity contribution in [1.82, 2.24) is 4.31 Å². The summed E-state index contributed by atoms with van der Waals surface area (Å²) in [6, 6.07) is 10.7. The molecule has 1 saturated heterocycles. The van der Waals surface area contributed by atoms with Gasteiger partial charge in [0.1, 0.15) is 10.6 Å². The average Bonchev–Trinajstić information content (AvgIpc) is 2.74. The van der Waals surface area contributed by atoms with Crippen molar-refractivity contribution in [3.63, 3.8) is 0 Å². The van der Waals surface area contributed by atoms with Gasteiger partial charge in [-0.2, -0.15) is 9.41 Å². The Morgan fingerprint density at radius 2 is 1.97 bits per heavy atom. The third kappa shape index (κ3) is 4.70.